The highest BCUT2D eigenvalue weighted by Gasteiger charge is 2.42. The standard InChI is InChI=1S/C15H22FN3O/c1-10(17)13(11-3-5-12(16)6-4-11)19-8-7-15(2,9-19)14(18)20/h3-6,10,13H,7-9,17H2,1-2H3,(H2,18,20). The Kier molecular flexibility index (Phi) is 4.11. The fourth-order valence-electron chi connectivity index (χ4n) is 2.94. The molecule has 1 aromatic carbocycles. The fraction of sp³-hybridized carbons (Fsp3) is 0.533. The largest absolute Gasteiger partial charge is 0.369 e. The molecule has 3 unspecified atom stereocenters. The Hall–Kier alpha value is -1.46. The molecular weight excluding hydrogens is 257 g/mol. The van der Waals surface area contributed by atoms with Crippen molar-refractivity contribution in [1.82, 2.24) is 4.90 Å². The molecule has 4 N–H and O–H groups in total. The number of benzene rings is 1. The van der Waals surface area contributed by atoms with E-state index >= 15 is 0 Å². The zero-order valence-electron chi connectivity index (χ0n) is 12.0. The van der Waals surface area contributed by atoms with Crippen LogP contribution in [0.2, 0.25) is 0 Å². The second-order valence-electron chi connectivity index (χ2n) is 6.00. The molecule has 0 aromatic heterocycles. The van der Waals surface area contributed by atoms with Gasteiger partial charge in [0.2, 0.25) is 5.91 Å². The van der Waals surface area contributed by atoms with Crippen molar-refractivity contribution in [1.29, 1.82) is 0 Å². The van der Waals surface area contributed by atoms with Crippen molar-refractivity contribution < 1.29 is 9.18 Å². The SMILES string of the molecule is CC(N)C(c1ccc(F)cc1)N1CCC(C)(C(N)=O)C1. The Morgan fingerprint density at radius 1 is 1.40 bits per heavy atom. The average Bonchev–Trinajstić information content (AvgIpc) is 2.75. The predicted molar refractivity (Wildman–Crippen MR) is 76.3 cm³/mol. The monoisotopic (exact) mass is 279 g/mol. The number of carbonyl (C=O) groups is 1. The topological polar surface area (TPSA) is 72.3 Å². The molecule has 1 aliphatic heterocycles. The molecule has 1 amide bonds. The van der Waals surface area contributed by atoms with Gasteiger partial charge in [-0.05, 0) is 44.5 Å². The highest BCUT2D eigenvalue weighted by atomic mass is 19.1. The van der Waals surface area contributed by atoms with E-state index in [0.717, 1.165) is 18.5 Å². The quantitative estimate of drug-likeness (QED) is 0.875. The second kappa shape index (κ2) is 5.50. The summed E-state index contributed by atoms with van der Waals surface area (Å²) >= 11 is 0. The third-order valence-electron chi connectivity index (χ3n) is 4.20. The molecule has 0 saturated carbocycles. The molecule has 0 aliphatic carbocycles. The van der Waals surface area contributed by atoms with Gasteiger partial charge in [-0.2, -0.15) is 0 Å². The van der Waals surface area contributed by atoms with Gasteiger partial charge in [0, 0.05) is 18.6 Å². The minimum Gasteiger partial charge on any atom is -0.369 e. The van der Waals surface area contributed by atoms with Gasteiger partial charge < -0.3 is 11.5 Å². The third-order valence-corrected chi connectivity index (χ3v) is 4.20. The lowest BCUT2D eigenvalue weighted by Gasteiger charge is -2.32. The van der Waals surface area contributed by atoms with Gasteiger partial charge >= 0.3 is 0 Å². The molecule has 0 bridgehead atoms. The van der Waals surface area contributed by atoms with E-state index in [0.29, 0.717) is 6.54 Å². The maximum atomic E-state index is 13.1. The van der Waals surface area contributed by atoms with Gasteiger partial charge in [0.15, 0.2) is 0 Å². The summed E-state index contributed by atoms with van der Waals surface area (Å²) in [5, 5.41) is 0. The van der Waals surface area contributed by atoms with E-state index in [1.165, 1.54) is 12.1 Å². The first kappa shape index (κ1) is 14.9. The van der Waals surface area contributed by atoms with E-state index in [1.54, 1.807) is 12.1 Å². The number of halogens is 1. The minimum atomic E-state index is -0.507. The summed E-state index contributed by atoms with van der Waals surface area (Å²) in [6.07, 6.45) is 0.729. The molecule has 1 aliphatic rings. The number of amides is 1. The van der Waals surface area contributed by atoms with Gasteiger partial charge in [-0.25, -0.2) is 4.39 Å². The van der Waals surface area contributed by atoms with Crippen molar-refractivity contribution >= 4 is 5.91 Å². The van der Waals surface area contributed by atoms with Crippen molar-refractivity contribution in [2.75, 3.05) is 13.1 Å². The van der Waals surface area contributed by atoms with E-state index in [-0.39, 0.29) is 23.8 Å². The summed E-state index contributed by atoms with van der Waals surface area (Å²) in [6.45, 7) is 5.17. The second-order valence-corrected chi connectivity index (χ2v) is 6.00. The van der Waals surface area contributed by atoms with Crippen LogP contribution in [0, 0.1) is 11.2 Å². The number of carbonyl (C=O) groups excluding carboxylic acids is 1. The summed E-state index contributed by atoms with van der Waals surface area (Å²) in [5.41, 5.74) is 12.0. The highest BCUT2D eigenvalue weighted by molar-refractivity contribution is 5.81. The molecular formula is C15H22FN3O. The van der Waals surface area contributed by atoms with Crippen LogP contribution in [0.25, 0.3) is 0 Å². The number of rotatable bonds is 4. The minimum absolute atomic E-state index is 0.0308. The summed E-state index contributed by atoms with van der Waals surface area (Å²) in [4.78, 5) is 13.7. The van der Waals surface area contributed by atoms with E-state index in [2.05, 4.69) is 4.90 Å². The smallest absolute Gasteiger partial charge is 0.224 e. The van der Waals surface area contributed by atoms with Crippen molar-refractivity contribution in [2.24, 2.45) is 16.9 Å². The lowest BCUT2D eigenvalue weighted by molar-refractivity contribution is -0.126. The van der Waals surface area contributed by atoms with Gasteiger partial charge in [0.05, 0.1) is 5.41 Å². The van der Waals surface area contributed by atoms with E-state index in [9.17, 15) is 9.18 Å². The van der Waals surface area contributed by atoms with Gasteiger partial charge in [-0.3, -0.25) is 9.69 Å². The van der Waals surface area contributed by atoms with Crippen LogP contribution in [0.5, 0.6) is 0 Å². The number of hydrogen-bond donors (Lipinski definition) is 2. The molecule has 20 heavy (non-hydrogen) atoms. The molecule has 2 rings (SSSR count). The normalized spacial score (nSPS) is 26.4. The summed E-state index contributed by atoms with van der Waals surface area (Å²) in [5.74, 6) is -0.539. The molecule has 5 heteroatoms. The maximum Gasteiger partial charge on any atom is 0.224 e. The molecule has 1 fully saturated rings. The lowest BCUT2D eigenvalue weighted by Crippen LogP contribution is -2.42. The van der Waals surface area contributed by atoms with Crippen LogP contribution in [-0.2, 0) is 4.79 Å². The van der Waals surface area contributed by atoms with Crippen molar-refractivity contribution in [3.63, 3.8) is 0 Å². The van der Waals surface area contributed by atoms with Crippen LogP contribution in [0.1, 0.15) is 31.9 Å². The number of primary amides is 1. The van der Waals surface area contributed by atoms with Crippen molar-refractivity contribution in [3.8, 4) is 0 Å². The zero-order valence-corrected chi connectivity index (χ0v) is 12.0. The zero-order chi connectivity index (χ0) is 14.9. The molecule has 0 spiro atoms. The van der Waals surface area contributed by atoms with Gasteiger partial charge in [0.1, 0.15) is 5.82 Å². The van der Waals surface area contributed by atoms with Crippen LogP contribution < -0.4 is 11.5 Å². The van der Waals surface area contributed by atoms with E-state index < -0.39 is 5.41 Å². The Labute approximate surface area is 118 Å². The van der Waals surface area contributed by atoms with Crippen LogP contribution in [0.3, 0.4) is 0 Å². The number of likely N-dealkylation sites (tertiary alicyclic amines) is 1. The van der Waals surface area contributed by atoms with Crippen molar-refractivity contribution in [3.05, 3.63) is 35.6 Å². The molecule has 3 atom stereocenters. The van der Waals surface area contributed by atoms with E-state index in [1.807, 2.05) is 13.8 Å². The van der Waals surface area contributed by atoms with E-state index in [4.69, 9.17) is 11.5 Å². The van der Waals surface area contributed by atoms with Gasteiger partial charge in [-0.1, -0.05) is 12.1 Å². The Balaban J connectivity index is 2.23. The van der Waals surface area contributed by atoms with Crippen LogP contribution in [0.15, 0.2) is 24.3 Å². The molecule has 110 valence electrons. The lowest BCUT2D eigenvalue weighted by atomic mass is 9.89. The first-order chi connectivity index (χ1) is 9.33. The first-order valence-electron chi connectivity index (χ1n) is 6.88. The first-order valence-corrected chi connectivity index (χ1v) is 6.88. The molecule has 1 saturated heterocycles. The van der Waals surface area contributed by atoms with Gasteiger partial charge in [-0.15, -0.1) is 0 Å². The highest BCUT2D eigenvalue weighted by Crippen LogP contribution is 2.36. The van der Waals surface area contributed by atoms with Crippen LogP contribution in [0.4, 0.5) is 4.39 Å². The number of nitrogens with zero attached hydrogens (tertiary/aromatic N) is 1. The third kappa shape index (κ3) is 2.83. The average molecular weight is 279 g/mol. The summed E-state index contributed by atoms with van der Waals surface area (Å²) < 4.78 is 13.1. The van der Waals surface area contributed by atoms with Crippen molar-refractivity contribution in [2.45, 2.75) is 32.4 Å². The molecule has 0 radical (unpaired) electrons. The maximum absolute atomic E-state index is 13.1. The number of nitrogens with two attached hydrogens (primary N) is 2. The Bertz CT molecular complexity index is 488. The number of hydrogen-bond acceptors (Lipinski definition) is 3. The van der Waals surface area contributed by atoms with Crippen LogP contribution >= 0.6 is 0 Å². The fourth-order valence-corrected chi connectivity index (χ4v) is 2.94. The summed E-state index contributed by atoms with van der Waals surface area (Å²) in [6, 6.07) is 6.24. The molecule has 1 heterocycles. The van der Waals surface area contributed by atoms with Crippen LogP contribution in [-0.4, -0.2) is 29.9 Å². The Morgan fingerprint density at radius 3 is 2.45 bits per heavy atom. The molecule has 1 aromatic rings. The van der Waals surface area contributed by atoms with Gasteiger partial charge in [0.25, 0.3) is 0 Å². The Morgan fingerprint density at radius 2 is 2.00 bits per heavy atom. The molecule has 4 nitrogen and oxygen atoms in total. The summed E-state index contributed by atoms with van der Waals surface area (Å²) in [7, 11) is 0. The predicted octanol–water partition coefficient (Wildman–Crippen LogP) is 1.41.